The van der Waals surface area contributed by atoms with Gasteiger partial charge in [-0.2, -0.15) is 5.26 Å². The summed E-state index contributed by atoms with van der Waals surface area (Å²) < 4.78 is 0. The van der Waals surface area contributed by atoms with Gasteiger partial charge in [0.15, 0.2) is 0 Å². The van der Waals surface area contributed by atoms with Crippen molar-refractivity contribution in [2.45, 2.75) is 10.1 Å². The van der Waals surface area contributed by atoms with Crippen LogP contribution in [-0.2, 0) is 0 Å². The molecule has 2 aromatic heterocycles. The molecule has 7 heteroatoms. The van der Waals surface area contributed by atoms with Gasteiger partial charge < -0.3 is 5.11 Å². The molecule has 2 rings (SSSR count). The van der Waals surface area contributed by atoms with E-state index in [0.717, 1.165) is 11.8 Å². The second kappa shape index (κ2) is 5.69. The quantitative estimate of drug-likeness (QED) is 0.935. The topological polar surface area (TPSA) is 86.9 Å². The molecule has 0 bridgehead atoms. The van der Waals surface area contributed by atoms with Crippen molar-refractivity contribution in [3.05, 3.63) is 46.7 Å². The van der Waals surface area contributed by atoms with Crippen LogP contribution in [0.1, 0.15) is 15.9 Å². The highest BCUT2D eigenvalue weighted by molar-refractivity contribution is 7.99. The average molecular weight is 292 g/mol. The lowest BCUT2D eigenvalue weighted by Crippen LogP contribution is -2.00. The van der Waals surface area contributed by atoms with Crippen molar-refractivity contribution in [1.82, 2.24) is 9.97 Å². The Kier molecular flexibility index (Phi) is 4.00. The SMILES string of the molecule is N#Cc1ccnc(Sc2ncccc2C(=O)O)c1Cl. The van der Waals surface area contributed by atoms with Crippen LogP contribution < -0.4 is 0 Å². The fourth-order valence-corrected chi connectivity index (χ4v) is 2.45. The Labute approximate surface area is 117 Å². The van der Waals surface area contributed by atoms with E-state index in [-0.39, 0.29) is 21.2 Å². The number of carboxylic acid groups (broad SMARTS) is 1. The lowest BCUT2D eigenvalue weighted by atomic mass is 10.3. The Bertz CT molecular complexity index is 685. The lowest BCUT2D eigenvalue weighted by molar-refractivity contribution is 0.0692. The standard InChI is InChI=1S/C12H6ClN3O2S/c13-9-7(6-14)3-5-16-11(9)19-10-8(12(17)18)2-1-4-15-10/h1-5H,(H,17,18). The summed E-state index contributed by atoms with van der Waals surface area (Å²) in [7, 11) is 0. The Morgan fingerprint density at radius 1 is 1.32 bits per heavy atom. The highest BCUT2D eigenvalue weighted by Gasteiger charge is 2.15. The first-order chi connectivity index (χ1) is 9.13. The summed E-state index contributed by atoms with van der Waals surface area (Å²) in [5.41, 5.74) is 0.347. The minimum atomic E-state index is -1.08. The van der Waals surface area contributed by atoms with E-state index in [1.165, 1.54) is 30.6 Å². The van der Waals surface area contributed by atoms with Gasteiger partial charge in [-0.05, 0) is 30.0 Å². The van der Waals surface area contributed by atoms with Gasteiger partial charge in [0.1, 0.15) is 16.1 Å². The van der Waals surface area contributed by atoms with E-state index < -0.39 is 5.97 Å². The molecule has 0 fully saturated rings. The molecule has 0 atom stereocenters. The number of nitrogens with zero attached hydrogens (tertiary/aromatic N) is 3. The van der Waals surface area contributed by atoms with Crippen LogP contribution in [0.5, 0.6) is 0 Å². The predicted molar refractivity (Wildman–Crippen MR) is 69.3 cm³/mol. The summed E-state index contributed by atoms with van der Waals surface area (Å²) in [5, 5.41) is 18.7. The van der Waals surface area contributed by atoms with Crippen molar-refractivity contribution < 1.29 is 9.90 Å². The molecule has 0 amide bonds. The summed E-state index contributed by atoms with van der Waals surface area (Å²) in [4.78, 5) is 19.1. The van der Waals surface area contributed by atoms with E-state index in [9.17, 15) is 4.79 Å². The number of hydrogen-bond donors (Lipinski definition) is 1. The summed E-state index contributed by atoms with van der Waals surface area (Å²) in [6.07, 6.45) is 2.92. The van der Waals surface area contributed by atoms with Gasteiger partial charge in [0, 0.05) is 12.4 Å². The van der Waals surface area contributed by atoms with Gasteiger partial charge in [-0.25, -0.2) is 14.8 Å². The van der Waals surface area contributed by atoms with Crippen molar-refractivity contribution in [2.24, 2.45) is 0 Å². The number of nitriles is 1. The van der Waals surface area contributed by atoms with E-state index in [2.05, 4.69) is 9.97 Å². The minimum absolute atomic E-state index is 0.0627. The molecule has 0 aliphatic heterocycles. The van der Waals surface area contributed by atoms with Crippen LogP contribution in [0.2, 0.25) is 5.02 Å². The normalized spacial score (nSPS) is 9.89. The van der Waals surface area contributed by atoms with E-state index in [0.29, 0.717) is 5.03 Å². The fraction of sp³-hybridized carbons (Fsp3) is 0. The zero-order chi connectivity index (χ0) is 13.8. The zero-order valence-corrected chi connectivity index (χ0v) is 10.9. The van der Waals surface area contributed by atoms with E-state index in [4.69, 9.17) is 22.0 Å². The third kappa shape index (κ3) is 2.84. The number of rotatable bonds is 3. The van der Waals surface area contributed by atoms with Crippen LogP contribution in [0, 0.1) is 11.3 Å². The van der Waals surface area contributed by atoms with E-state index in [1.54, 1.807) is 0 Å². The molecule has 1 N–H and O–H groups in total. The summed E-state index contributed by atoms with van der Waals surface area (Å²) in [5.74, 6) is -1.08. The summed E-state index contributed by atoms with van der Waals surface area (Å²) in [6, 6.07) is 6.41. The Morgan fingerprint density at radius 3 is 2.74 bits per heavy atom. The van der Waals surface area contributed by atoms with Gasteiger partial charge in [-0.1, -0.05) is 11.6 Å². The number of halogens is 1. The smallest absolute Gasteiger partial charge is 0.338 e. The average Bonchev–Trinajstić information content (AvgIpc) is 2.41. The number of carboxylic acids is 1. The van der Waals surface area contributed by atoms with Crippen molar-refractivity contribution in [3.8, 4) is 6.07 Å². The molecule has 0 saturated carbocycles. The minimum Gasteiger partial charge on any atom is -0.478 e. The maximum atomic E-state index is 11.1. The molecule has 5 nitrogen and oxygen atoms in total. The highest BCUT2D eigenvalue weighted by Crippen LogP contribution is 2.33. The number of hydrogen-bond acceptors (Lipinski definition) is 5. The van der Waals surface area contributed by atoms with Gasteiger partial charge in [0.05, 0.1) is 16.1 Å². The molecule has 0 aliphatic rings. The Morgan fingerprint density at radius 2 is 2.05 bits per heavy atom. The summed E-state index contributed by atoms with van der Waals surface area (Å²) in [6.45, 7) is 0. The molecule has 2 aromatic rings. The molecule has 0 unspecified atom stereocenters. The van der Waals surface area contributed by atoms with Crippen LogP contribution >= 0.6 is 23.4 Å². The molecule has 0 aliphatic carbocycles. The fourth-order valence-electron chi connectivity index (χ4n) is 1.31. The molecule has 19 heavy (non-hydrogen) atoms. The van der Waals surface area contributed by atoms with Gasteiger partial charge in [0.25, 0.3) is 0 Å². The lowest BCUT2D eigenvalue weighted by Gasteiger charge is -2.05. The maximum Gasteiger partial charge on any atom is 0.338 e. The van der Waals surface area contributed by atoms with Crippen LogP contribution in [-0.4, -0.2) is 21.0 Å². The van der Waals surface area contributed by atoms with Crippen LogP contribution in [0.25, 0.3) is 0 Å². The zero-order valence-electron chi connectivity index (χ0n) is 9.37. The molecular formula is C12H6ClN3O2S. The van der Waals surface area contributed by atoms with Crippen LogP contribution in [0.15, 0.2) is 40.6 Å². The number of carbonyl (C=O) groups is 1. The first-order valence-corrected chi connectivity index (χ1v) is 6.23. The Balaban J connectivity index is 2.43. The number of aromatic nitrogens is 2. The molecule has 0 aromatic carbocycles. The van der Waals surface area contributed by atoms with Crippen LogP contribution in [0.3, 0.4) is 0 Å². The van der Waals surface area contributed by atoms with Gasteiger partial charge in [-0.3, -0.25) is 0 Å². The Hall–Kier alpha value is -2.10. The molecule has 0 spiro atoms. The molecule has 2 heterocycles. The maximum absolute atomic E-state index is 11.1. The number of pyridine rings is 2. The molecule has 94 valence electrons. The first kappa shape index (κ1) is 13.3. The second-order valence-electron chi connectivity index (χ2n) is 3.35. The molecular weight excluding hydrogens is 286 g/mol. The molecule has 0 radical (unpaired) electrons. The monoisotopic (exact) mass is 291 g/mol. The predicted octanol–water partition coefficient (Wildman–Crippen LogP) is 2.85. The van der Waals surface area contributed by atoms with Gasteiger partial charge >= 0.3 is 5.97 Å². The highest BCUT2D eigenvalue weighted by atomic mass is 35.5. The first-order valence-electron chi connectivity index (χ1n) is 5.04. The van der Waals surface area contributed by atoms with Crippen molar-refractivity contribution in [1.29, 1.82) is 5.26 Å². The van der Waals surface area contributed by atoms with Crippen molar-refractivity contribution in [3.63, 3.8) is 0 Å². The van der Waals surface area contributed by atoms with Gasteiger partial charge in [-0.15, -0.1) is 0 Å². The number of aromatic carboxylic acids is 1. The van der Waals surface area contributed by atoms with Crippen molar-refractivity contribution >= 4 is 29.3 Å². The third-order valence-electron chi connectivity index (χ3n) is 2.17. The summed E-state index contributed by atoms with van der Waals surface area (Å²) >= 11 is 7.02. The van der Waals surface area contributed by atoms with Crippen molar-refractivity contribution in [2.75, 3.05) is 0 Å². The largest absolute Gasteiger partial charge is 0.478 e. The second-order valence-corrected chi connectivity index (χ2v) is 4.71. The molecule has 0 saturated heterocycles. The van der Waals surface area contributed by atoms with E-state index in [1.807, 2.05) is 6.07 Å². The van der Waals surface area contributed by atoms with Crippen LogP contribution in [0.4, 0.5) is 0 Å². The van der Waals surface area contributed by atoms with Gasteiger partial charge in [0.2, 0.25) is 0 Å². The third-order valence-corrected chi connectivity index (χ3v) is 3.69. The van der Waals surface area contributed by atoms with E-state index >= 15 is 0 Å².